The molecule has 4 rings (SSSR count). The molecule has 1 aromatic carbocycles. The normalized spacial score (nSPS) is 14.9. The number of ether oxygens (including phenoxy) is 2. The van der Waals surface area contributed by atoms with Crippen LogP contribution in [-0.4, -0.2) is 47.2 Å². The van der Waals surface area contributed by atoms with Crippen LogP contribution < -0.4 is 10.1 Å². The number of carboxylic acid groups (broad SMARTS) is 1. The quantitative estimate of drug-likeness (QED) is 0.408. The van der Waals surface area contributed by atoms with Gasteiger partial charge in [-0.15, -0.1) is 0 Å². The molecule has 1 atom stereocenters. The van der Waals surface area contributed by atoms with Gasteiger partial charge < -0.3 is 19.9 Å². The van der Waals surface area contributed by atoms with Crippen LogP contribution in [0.15, 0.2) is 66.6 Å². The maximum Gasteiger partial charge on any atom is 0.355 e. The van der Waals surface area contributed by atoms with Gasteiger partial charge >= 0.3 is 5.97 Å². The number of rotatable bonds is 10. The van der Waals surface area contributed by atoms with Gasteiger partial charge in [-0.25, -0.2) is 14.2 Å². The number of allylic oxidation sites excluding steroid dienone is 4. The predicted octanol–water partition coefficient (Wildman–Crippen LogP) is 4.26. The number of pyridine rings is 2. The zero-order chi connectivity index (χ0) is 25.5. The van der Waals surface area contributed by atoms with Crippen LogP contribution in [0.3, 0.4) is 0 Å². The Balaban J connectivity index is 1.75. The zero-order valence-electron chi connectivity index (χ0n) is 19.7. The topological polar surface area (TPSA) is 111 Å². The van der Waals surface area contributed by atoms with E-state index in [1.54, 1.807) is 18.3 Å². The Bertz CT molecular complexity index is 1320. The summed E-state index contributed by atoms with van der Waals surface area (Å²) in [5.41, 5.74) is 1.39. The van der Waals surface area contributed by atoms with E-state index in [0.717, 1.165) is 11.1 Å². The molecule has 2 aromatic heterocycles. The average Bonchev–Trinajstić information content (AvgIpc) is 2.88. The summed E-state index contributed by atoms with van der Waals surface area (Å²) < 4.78 is 24.3. The SMILES string of the molecule is COCCNC(=O)c1nc(C(=O)O)c2cc(CC3C=CC(F)=CC3)cnc2c1OCc1ccccc1. The van der Waals surface area contributed by atoms with Gasteiger partial charge in [0.25, 0.3) is 5.91 Å². The van der Waals surface area contributed by atoms with E-state index in [9.17, 15) is 19.1 Å². The van der Waals surface area contributed by atoms with Gasteiger partial charge in [0.15, 0.2) is 17.1 Å². The van der Waals surface area contributed by atoms with Gasteiger partial charge in [0.2, 0.25) is 0 Å². The summed E-state index contributed by atoms with van der Waals surface area (Å²) in [4.78, 5) is 33.8. The minimum Gasteiger partial charge on any atom is -0.484 e. The van der Waals surface area contributed by atoms with Crippen molar-refractivity contribution in [2.24, 2.45) is 5.92 Å². The smallest absolute Gasteiger partial charge is 0.355 e. The van der Waals surface area contributed by atoms with Crippen molar-refractivity contribution in [1.29, 1.82) is 0 Å². The van der Waals surface area contributed by atoms with Crippen molar-refractivity contribution in [3.8, 4) is 5.75 Å². The number of hydrogen-bond donors (Lipinski definition) is 2. The van der Waals surface area contributed by atoms with Crippen LogP contribution in [-0.2, 0) is 17.8 Å². The van der Waals surface area contributed by atoms with Crippen LogP contribution in [0.25, 0.3) is 10.9 Å². The summed E-state index contributed by atoms with van der Waals surface area (Å²) in [5.74, 6) is -1.99. The first-order chi connectivity index (χ1) is 17.5. The number of aromatic carboxylic acids is 1. The first-order valence-corrected chi connectivity index (χ1v) is 11.5. The van der Waals surface area contributed by atoms with Crippen molar-refractivity contribution in [3.63, 3.8) is 0 Å². The summed E-state index contributed by atoms with van der Waals surface area (Å²) in [7, 11) is 1.51. The lowest BCUT2D eigenvalue weighted by Crippen LogP contribution is -2.29. The molecule has 186 valence electrons. The Hall–Kier alpha value is -4.11. The summed E-state index contributed by atoms with van der Waals surface area (Å²) in [6.45, 7) is 0.629. The molecule has 0 bridgehead atoms. The van der Waals surface area contributed by atoms with E-state index in [4.69, 9.17) is 9.47 Å². The lowest BCUT2D eigenvalue weighted by Gasteiger charge is -2.17. The number of hydrogen-bond acceptors (Lipinski definition) is 6. The molecule has 8 nitrogen and oxygen atoms in total. The number of carbonyl (C=O) groups excluding carboxylic acids is 1. The van der Waals surface area contributed by atoms with Crippen LogP contribution in [0.4, 0.5) is 4.39 Å². The number of amides is 1. The summed E-state index contributed by atoms with van der Waals surface area (Å²) in [6, 6.07) is 11.1. The highest BCUT2D eigenvalue weighted by Crippen LogP contribution is 2.32. The molecule has 0 fully saturated rings. The molecule has 0 radical (unpaired) electrons. The fourth-order valence-electron chi connectivity index (χ4n) is 3.94. The molecule has 1 amide bonds. The Labute approximate surface area is 207 Å². The first kappa shape index (κ1) is 25.0. The Morgan fingerprint density at radius 3 is 2.69 bits per heavy atom. The van der Waals surface area contributed by atoms with Crippen molar-refractivity contribution in [2.75, 3.05) is 20.3 Å². The standard InChI is InChI=1S/C27H26FN3O5/c1-35-12-11-29-26(32)24-25(36-16-18-5-3-2-4-6-18)22-21(23(31-24)27(33)34)14-19(15-30-22)13-17-7-9-20(28)10-8-17/h2-7,9-10,14-15,17H,8,11-13,16H2,1H3,(H,29,32)(H,33,34). The van der Waals surface area contributed by atoms with Crippen molar-refractivity contribution in [3.05, 3.63) is 89.2 Å². The number of nitrogens with zero attached hydrogens (tertiary/aromatic N) is 2. The molecular weight excluding hydrogens is 465 g/mol. The molecule has 1 unspecified atom stereocenters. The van der Waals surface area contributed by atoms with Gasteiger partial charge in [-0.3, -0.25) is 9.78 Å². The Kier molecular flexibility index (Phi) is 8.02. The van der Waals surface area contributed by atoms with E-state index in [-0.39, 0.29) is 59.5 Å². The highest BCUT2D eigenvalue weighted by molar-refractivity contribution is 6.07. The van der Waals surface area contributed by atoms with E-state index >= 15 is 0 Å². The van der Waals surface area contributed by atoms with E-state index < -0.39 is 11.9 Å². The van der Waals surface area contributed by atoms with E-state index in [1.807, 2.05) is 30.3 Å². The van der Waals surface area contributed by atoms with Crippen LogP contribution in [0, 0.1) is 5.92 Å². The van der Waals surface area contributed by atoms with Gasteiger partial charge in [-0.2, -0.15) is 0 Å². The van der Waals surface area contributed by atoms with E-state index in [2.05, 4.69) is 15.3 Å². The first-order valence-electron chi connectivity index (χ1n) is 11.5. The number of fused-ring (bicyclic) bond motifs is 1. The fourth-order valence-corrected chi connectivity index (χ4v) is 3.94. The number of aromatic nitrogens is 2. The molecule has 0 saturated carbocycles. The maximum atomic E-state index is 13.3. The third-order valence-electron chi connectivity index (χ3n) is 5.73. The molecule has 3 aromatic rings. The number of halogens is 1. The van der Waals surface area contributed by atoms with Crippen molar-refractivity contribution < 1.29 is 28.6 Å². The lowest BCUT2D eigenvalue weighted by atomic mass is 9.93. The third kappa shape index (κ3) is 5.92. The Morgan fingerprint density at radius 1 is 1.19 bits per heavy atom. The van der Waals surface area contributed by atoms with Crippen molar-refractivity contribution in [1.82, 2.24) is 15.3 Å². The number of nitrogens with one attached hydrogen (secondary N) is 1. The summed E-state index contributed by atoms with van der Waals surface area (Å²) in [6.07, 6.45) is 7.44. The molecule has 1 aliphatic carbocycles. The van der Waals surface area contributed by atoms with Gasteiger partial charge in [0.1, 0.15) is 18.0 Å². The zero-order valence-corrected chi connectivity index (χ0v) is 19.7. The minimum absolute atomic E-state index is 0.0598. The van der Waals surface area contributed by atoms with Gasteiger partial charge in [0, 0.05) is 25.2 Å². The Morgan fingerprint density at radius 2 is 2.00 bits per heavy atom. The predicted molar refractivity (Wildman–Crippen MR) is 132 cm³/mol. The number of carbonyl (C=O) groups is 2. The largest absolute Gasteiger partial charge is 0.484 e. The second-order valence-corrected chi connectivity index (χ2v) is 8.35. The van der Waals surface area contributed by atoms with Crippen LogP contribution in [0.5, 0.6) is 5.75 Å². The monoisotopic (exact) mass is 491 g/mol. The van der Waals surface area contributed by atoms with Crippen LogP contribution in [0.1, 0.15) is 38.5 Å². The van der Waals surface area contributed by atoms with Crippen molar-refractivity contribution >= 4 is 22.8 Å². The molecule has 9 heteroatoms. The van der Waals surface area contributed by atoms with Crippen LogP contribution >= 0.6 is 0 Å². The number of benzene rings is 1. The minimum atomic E-state index is -1.29. The van der Waals surface area contributed by atoms with Gasteiger partial charge in [-0.05, 0) is 48.1 Å². The lowest BCUT2D eigenvalue weighted by molar-refractivity contribution is 0.0692. The second kappa shape index (κ2) is 11.5. The number of methoxy groups -OCH3 is 1. The average molecular weight is 492 g/mol. The third-order valence-corrected chi connectivity index (χ3v) is 5.73. The fraction of sp³-hybridized carbons (Fsp3) is 0.259. The van der Waals surface area contributed by atoms with Crippen LogP contribution in [0.2, 0.25) is 0 Å². The highest BCUT2D eigenvalue weighted by atomic mass is 19.1. The molecule has 2 heterocycles. The van der Waals surface area contributed by atoms with Gasteiger partial charge in [-0.1, -0.05) is 36.4 Å². The number of carboxylic acids is 1. The molecule has 0 saturated heterocycles. The van der Waals surface area contributed by atoms with E-state index in [1.165, 1.54) is 19.3 Å². The maximum absolute atomic E-state index is 13.3. The molecule has 1 aliphatic rings. The molecule has 36 heavy (non-hydrogen) atoms. The molecular formula is C27H26FN3O5. The van der Waals surface area contributed by atoms with Crippen molar-refractivity contribution in [2.45, 2.75) is 19.4 Å². The van der Waals surface area contributed by atoms with E-state index in [0.29, 0.717) is 12.8 Å². The second-order valence-electron chi connectivity index (χ2n) is 8.35. The summed E-state index contributed by atoms with van der Waals surface area (Å²) in [5, 5.41) is 12.8. The highest BCUT2D eigenvalue weighted by Gasteiger charge is 2.25. The summed E-state index contributed by atoms with van der Waals surface area (Å²) >= 11 is 0. The molecule has 2 N–H and O–H groups in total. The van der Waals surface area contributed by atoms with Gasteiger partial charge in [0.05, 0.1) is 6.61 Å². The molecule has 0 aliphatic heterocycles. The molecule has 0 spiro atoms.